The Hall–Kier alpha value is -3.09. The molecule has 1 amide bonds. The van der Waals surface area contributed by atoms with Gasteiger partial charge in [-0.3, -0.25) is 9.36 Å². The SMILES string of the molecule is O=C(C1Cc2cc(F)ccc2O1)N1CCC(n2c(=O)[nH]c3ccccc32)CC1. The lowest BCUT2D eigenvalue weighted by Gasteiger charge is -2.33. The van der Waals surface area contributed by atoms with Crippen LogP contribution in [0.5, 0.6) is 5.75 Å². The van der Waals surface area contributed by atoms with E-state index in [2.05, 4.69) is 4.98 Å². The van der Waals surface area contributed by atoms with E-state index in [1.807, 2.05) is 28.8 Å². The van der Waals surface area contributed by atoms with Gasteiger partial charge in [-0.25, -0.2) is 9.18 Å². The highest BCUT2D eigenvalue weighted by Gasteiger charge is 2.35. The van der Waals surface area contributed by atoms with Crippen LogP contribution < -0.4 is 10.4 Å². The number of amides is 1. The van der Waals surface area contributed by atoms with Crippen LogP contribution in [0.3, 0.4) is 0 Å². The fourth-order valence-electron chi connectivity index (χ4n) is 4.34. The molecular weight excluding hydrogens is 361 g/mol. The van der Waals surface area contributed by atoms with Crippen molar-refractivity contribution >= 4 is 16.9 Å². The molecular formula is C21H20FN3O3. The summed E-state index contributed by atoms with van der Waals surface area (Å²) in [6, 6.07) is 12.1. The second-order valence-corrected chi connectivity index (χ2v) is 7.44. The monoisotopic (exact) mass is 381 g/mol. The summed E-state index contributed by atoms with van der Waals surface area (Å²) in [6.45, 7) is 1.14. The number of H-pyrrole nitrogens is 1. The maximum absolute atomic E-state index is 13.4. The Kier molecular flexibility index (Phi) is 3.96. The molecule has 1 atom stereocenters. The van der Waals surface area contributed by atoms with Crippen molar-refractivity contribution in [2.75, 3.05) is 13.1 Å². The van der Waals surface area contributed by atoms with Gasteiger partial charge in [-0.2, -0.15) is 0 Å². The van der Waals surface area contributed by atoms with Gasteiger partial charge in [-0.15, -0.1) is 0 Å². The lowest BCUT2D eigenvalue weighted by Crippen LogP contribution is -2.46. The highest BCUT2D eigenvalue weighted by Crippen LogP contribution is 2.31. The van der Waals surface area contributed by atoms with E-state index >= 15 is 0 Å². The number of nitrogens with one attached hydrogen (secondary N) is 1. The molecule has 1 unspecified atom stereocenters. The first-order valence-corrected chi connectivity index (χ1v) is 9.53. The number of piperidine rings is 1. The maximum Gasteiger partial charge on any atom is 0.326 e. The number of ether oxygens (including phenoxy) is 1. The molecule has 6 nitrogen and oxygen atoms in total. The average Bonchev–Trinajstić information content (AvgIpc) is 3.27. The predicted molar refractivity (Wildman–Crippen MR) is 102 cm³/mol. The number of benzene rings is 2. The number of likely N-dealkylation sites (tertiary alicyclic amines) is 1. The molecule has 1 fully saturated rings. The van der Waals surface area contributed by atoms with Crippen LogP contribution >= 0.6 is 0 Å². The van der Waals surface area contributed by atoms with Crippen LogP contribution in [0.4, 0.5) is 4.39 Å². The first-order chi connectivity index (χ1) is 13.6. The molecule has 0 saturated carbocycles. The zero-order valence-corrected chi connectivity index (χ0v) is 15.2. The van der Waals surface area contributed by atoms with E-state index in [1.165, 1.54) is 12.1 Å². The fourth-order valence-corrected chi connectivity index (χ4v) is 4.34. The van der Waals surface area contributed by atoms with E-state index in [0.29, 0.717) is 38.1 Å². The van der Waals surface area contributed by atoms with Gasteiger partial charge in [0.05, 0.1) is 11.0 Å². The molecule has 144 valence electrons. The molecule has 3 heterocycles. The number of carbonyl (C=O) groups excluding carboxylic acids is 1. The normalized spacial score (nSPS) is 19.6. The third-order valence-electron chi connectivity index (χ3n) is 5.74. The minimum Gasteiger partial charge on any atom is -0.480 e. The van der Waals surface area contributed by atoms with Gasteiger partial charge in [-0.05, 0) is 43.2 Å². The summed E-state index contributed by atoms with van der Waals surface area (Å²) in [5.74, 6) is 0.196. The summed E-state index contributed by atoms with van der Waals surface area (Å²) < 4.78 is 20.9. The van der Waals surface area contributed by atoms with E-state index in [4.69, 9.17) is 4.74 Å². The van der Waals surface area contributed by atoms with Crippen LogP contribution in [-0.4, -0.2) is 39.6 Å². The Morgan fingerprint density at radius 3 is 2.75 bits per heavy atom. The molecule has 0 bridgehead atoms. The molecule has 1 saturated heterocycles. The third kappa shape index (κ3) is 2.78. The van der Waals surface area contributed by atoms with Crippen molar-refractivity contribution in [1.82, 2.24) is 14.5 Å². The first-order valence-electron chi connectivity index (χ1n) is 9.53. The number of carbonyl (C=O) groups is 1. The van der Waals surface area contributed by atoms with Gasteiger partial charge < -0.3 is 14.6 Å². The molecule has 0 radical (unpaired) electrons. The van der Waals surface area contributed by atoms with E-state index < -0.39 is 6.10 Å². The fraction of sp³-hybridized carbons (Fsp3) is 0.333. The van der Waals surface area contributed by atoms with Gasteiger partial charge in [0.15, 0.2) is 6.10 Å². The number of nitrogens with zero attached hydrogens (tertiary/aromatic N) is 2. The lowest BCUT2D eigenvalue weighted by atomic mass is 10.0. The van der Waals surface area contributed by atoms with Crippen molar-refractivity contribution in [2.45, 2.75) is 31.4 Å². The second kappa shape index (κ2) is 6.51. The molecule has 0 aliphatic carbocycles. The van der Waals surface area contributed by atoms with E-state index in [9.17, 15) is 14.0 Å². The molecule has 1 aromatic heterocycles. The number of halogens is 1. The summed E-state index contributed by atoms with van der Waals surface area (Å²) in [6.07, 6.45) is 1.22. The molecule has 1 N–H and O–H groups in total. The number of rotatable bonds is 2. The van der Waals surface area contributed by atoms with Gasteiger partial charge in [0, 0.05) is 31.1 Å². The molecule has 2 aliphatic rings. The van der Waals surface area contributed by atoms with Crippen molar-refractivity contribution in [3.8, 4) is 5.75 Å². The zero-order valence-electron chi connectivity index (χ0n) is 15.2. The van der Waals surface area contributed by atoms with Crippen LogP contribution in [0.15, 0.2) is 47.3 Å². The average molecular weight is 381 g/mol. The molecule has 3 aromatic rings. The topological polar surface area (TPSA) is 67.3 Å². The highest BCUT2D eigenvalue weighted by molar-refractivity contribution is 5.82. The Morgan fingerprint density at radius 1 is 1.14 bits per heavy atom. The summed E-state index contributed by atoms with van der Waals surface area (Å²) in [7, 11) is 0. The highest BCUT2D eigenvalue weighted by atomic mass is 19.1. The number of fused-ring (bicyclic) bond motifs is 2. The van der Waals surface area contributed by atoms with E-state index in [0.717, 1.165) is 16.6 Å². The van der Waals surface area contributed by atoms with E-state index in [-0.39, 0.29) is 23.5 Å². The van der Waals surface area contributed by atoms with Crippen molar-refractivity contribution < 1.29 is 13.9 Å². The molecule has 0 spiro atoms. The summed E-state index contributed by atoms with van der Waals surface area (Å²) in [5.41, 5.74) is 2.35. The molecule has 2 aliphatic heterocycles. The molecule has 2 aromatic carbocycles. The van der Waals surface area contributed by atoms with Crippen LogP contribution in [0.1, 0.15) is 24.4 Å². The van der Waals surface area contributed by atoms with Gasteiger partial charge in [-0.1, -0.05) is 12.1 Å². The summed E-state index contributed by atoms with van der Waals surface area (Å²) in [5, 5.41) is 0. The van der Waals surface area contributed by atoms with Gasteiger partial charge in [0.1, 0.15) is 11.6 Å². The summed E-state index contributed by atoms with van der Waals surface area (Å²) >= 11 is 0. The van der Waals surface area contributed by atoms with Crippen molar-refractivity contribution in [3.05, 3.63) is 64.3 Å². The minimum absolute atomic E-state index is 0.0588. The number of imidazole rings is 1. The minimum atomic E-state index is -0.593. The van der Waals surface area contributed by atoms with Gasteiger partial charge in [0.25, 0.3) is 5.91 Å². The standard InChI is InChI=1S/C21H20FN3O3/c22-14-5-6-18-13(11-14)12-19(28-18)20(26)24-9-7-15(8-10-24)25-17-4-2-1-3-16(17)23-21(25)27/h1-6,11,15,19H,7-10,12H2,(H,23,27). The summed E-state index contributed by atoms with van der Waals surface area (Å²) in [4.78, 5) is 29.9. The Labute approximate surface area is 160 Å². The lowest BCUT2D eigenvalue weighted by molar-refractivity contribution is -0.139. The third-order valence-corrected chi connectivity index (χ3v) is 5.74. The van der Waals surface area contributed by atoms with Crippen LogP contribution in [0, 0.1) is 5.82 Å². The van der Waals surface area contributed by atoms with Crippen LogP contribution in [0.25, 0.3) is 11.0 Å². The number of aromatic amines is 1. The van der Waals surface area contributed by atoms with Crippen molar-refractivity contribution in [2.24, 2.45) is 0 Å². The molecule has 5 rings (SSSR count). The van der Waals surface area contributed by atoms with Gasteiger partial charge >= 0.3 is 5.69 Å². The largest absolute Gasteiger partial charge is 0.480 e. The smallest absolute Gasteiger partial charge is 0.326 e. The molecule has 7 heteroatoms. The quantitative estimate of drug-likeness (QED) is 0.742. The van der Waals surface area contributed by atoms with Crippen LogP contribution in [-0.2, 0) is 11.2 Å². The maximum atomic E-state index is 13.4. The van der Waals surface area contributed by atoms with E-state index in [1.54, 1.807) is 11.0 Å². The van der Waals surface area contributed by atoms with Crippen molar-refractivity contribution in [1.29, 1.82) is 0 Å². The zero-order chi connectivity index (χ0) is 19.3. The number of aromatic nitrogens is 2. The van der Waals surface area contributed by atoms with Crippen LogP contribution in [0.2, 0.25) is 0 Å². The van der Waals surface area contributed by atoms with Crippen molar-refractivity contribution in [3.63, 3.8) is 0 Å². The predicted octanol–water partition coefficient (Wildman–Crippen LogP) is 2.64. The Balaban J connectivity index is 1.28. The number of hydrogen-bond acceptors (Lipinski definition) is 3. The molecule has 28 heavy (non-hydrogen) atoms. The second-order valence-electron chi connectivity index (χ2n) is 7.44. The Morgan fingerprint density at radius 2 is 1.93 bits per heavy atom. The van der Waals surface area contributed by atoms with Gasteiger partial charge in [0.2, 0.25) is 0 Å². The Bertz CT molecular complexity index is 1110. The number of para-hydroxylation sites is 2. The number of hydrogen-bond donors (Lipinski definition) is 1. The first kappa shape index (κ1) is 17.0.